The van der Waals surface area contributed by atoms with Crippen LogP contribution >= 0.6 is 11.6 Å². The first-order valence-electron chi connectivity index (χ1n) is 10.1. The van der Waals surface area contributed by atoms with Crippen molar-refractivity contribution < 1.29 is 23.2 Å². The number of non-ortho nitro benzene ring substituents is 1. The Kier molecular flexibility index (Phi) is 7.37. The molecule has 0 spiro atoms. The van der Waals surface area contributed by atoms with Crippen LogP contribution in [0, 0.1) is 16.0 Å². The van der Waals surface area contributed by atoms with Crippen LogP contribution in [0.2, 0.25) is 5.02 Å². The third-order valence-electron chi connectivity index (χ3n) is 5.74. The Hall–Kier alpha value is -2.69. The van der Waals surface area contributed by atoms with Crippen LogP contribution in [0.5, 0.6) is 0 Å². The van der Waals surface area contributed by atoms with Crippen molar-refractivity contribution in [2.75, 3.05) is 11.9 Å². The molecular formula is C21H24ClN3O6S. The van der Waals surface area contributed by atoms with Crippen molar-refractivity contribution in [1.29, 1.82) is 0 Å². The molecule has 0 saturated heterocycles. The zero-order valence-corrected chi connectivity index (χ0v) is 18.9. The van der Waals surface area contributed by atoms with Gasteiger partial charge in [-0.15, -0.1) is 0 Å². The van der Waals surface area contributed by atoms with E-state index in [1.807, 2.05) is 24.1 Å². The Labute approximate surface area is 191 Å². The van der Waals surface area contributed by atoms with Gasteiger partial charge in [0.2, 0.25) is 5.91 Å². The molecule has 0 aliphatic heterocycles. The number of halogens is 1. The minimum absolute atomic E-state index is 0.233. The lowest BCUT2D eigenvalue weighted by molar-refractivity contribution is -0.384. The monoisotopic (exact) mass is 481 g/mol. The second-order valence-electron chi connectivity index (χ2n) is 7.80. The van der Waals surface area contributed by atoms with E-state index >= 15 is 0 Å². The van der Waals surface area contributed by atoms with Gasteiger partial charge in [-0.25, -0.2) is 13.1 Å². The quantitative estimate of drug-likeness (QED) is 0.368. The largest absolute Gasteiger partial charge is 0.391 e. The Morgan fingerprint density at radius 3 is 2.44 bits per heavy atom. The van der Waals surface area contributed by atoms with E-state index in [4.69, 9.17) is 11.6 Å². The van der Waals surface area contributed by atoms with Crippen molar-refractivity contribution in [1.82, 2.24) is 4.72 Å². The van der Waals surface area contributed by atoms with Crippen LogP contribution in [-0.2, 0) is 14.8 Å². The third-order valence-corrected chi connectivity index (χ3v) is 7.34. The maximum absolute atomic E-state index is 12.7. The van der Waals surface area contributed by atoms with Gasteiger partial charge in [-0.3, -0.25) is 14.9 Å². The van der Waals surface area contributed by atoms with Crippen molar-refractivity contribution in [3.8, 4) is 0 Å². The molecule has 2 aromatic carbocycles. The molecule has 1 saturated carbocycles. The molecule has 32 heavy (non-hydrogen) atoms. The Balaban J connectivity index is 1.67. The summed E-state index contributed by atoms with van der Waals surface area (Å²) in [5.74, 6) is -1.24. The van der Waals surface area contributed by atoms with E-state index in [1.54, 1.807) is 12.1 Å². The van der Waals surface area contributed by atoms with Gasteiger partial charge in [0.1, 0.15) is 0 Å². The number of likely N-dealkylation sites (N-methyl/N-ethyl adjacent to an activating group) is 1. The average Bonchev–Trinajstić information content (AvgIpc) is 2.94. The first-order chi connectivity index (χ1) is 15.1. The summed E-state index contributed by atoms with van der Waals surface area (Å²) in [6.07, 6.45) is 0.866. The fourth-order valence-electron chi connectivity index (χ4n) is 3.90. The van der Waals surface area contributed by atoms with Crippen molar-refractivity contribution in [3.63, 3.8) is 0 Å². The fraction of sp³-hybridized carbons (Fsp3) is 0.381. The van der Waals surface area contributed by atoms with Crippen LogP contribution in [0.1, 0.15) is 25.7 Å². The number of hydrogen-bond donors (Lipinski definition) is 2. The topological polar surface area (TPSA) is 130 Å². The second-order valence-corrected chi connectivity index (χ2v) is 9.92. The van der Waals surface area contributed by atoms with Crippen LogP contribution in [-0.4, -0.2) is 43.5 Å². The van der Waals surface area contributed by atoms with Gasteiger partial charge in [0, 0.05) is 35.8 Å². The summed E-state index contributed by atoms with van der Waals surface area (Å²) in [4.78, 5) is 24.5. The molecule has 0 heterocycles. The van der Waals surface area contributed by atoms with Crippen molar-refractivity contribution in [2.24, 2.45) is 5.92 Å². The number of sulfonamides is 1. The van der Waals surface area contributed by atoms with Gasteiger partial charge in [-0.1, -0.05) is 17.7 Å². The van der Waals surface area contributed by atoms with Crippen LogP contribution in [0.25, 0.3) is 0 Å². The fourth-order valence-corrected chi connectivity index (χ4v) is 5.12. The molecule has 0 unspecified atom stereocenters. The van der Waals surface area contributed by atoms with E-state index in [-0.39, 0.29) is 16.6 Å². The van der Waals surface area contributed by atoms with Crippen molar-refractivity contribution >= 4 is 38.9 Å². The highest BCUT2D eigenvalue weighted by Crippen LogP contribution is 2.30. The highest BCUT2D eigenvalue weighted by atomic mass is 35.5. The van der Waals surface area contributed by atoms with Gasteiger partial charge < -0.3 is 10.0 Å². The van der Waals surface area contributed by atoms with Crippen molar-refractivity contribution in [2.45, 2.75) is 42.7 Å². The van der Waals surface area contributed by atoms with E-state index in [1.165, 1.54) is 0 Å². The van der Waals surface area contributed by atoms with Gasteiger partial charge in [-0.2, -0.15) is 0 Å². The van der Waals surface area contributed by atoms with E-state index in [2.05, 4.69) is 4.72 Å². The zero-order valence-electron chi connectivity index (χ0n) is 17.3. The van der Waals surface area contributed by atoms with Crippen molar-refractivity contribution in [3.05, 3.63) is 63.7 Å². The number of nitrogens with one attached hydrogen (secondary N) is 1. The summed E-state index contributed by atoms with van der Waals surface area (Å²) < 4.78 is 27.1. The molecule has 172 valence electrons. The lowest BCUT2D eigenvalue weighted by Gasteiger charge is -2.32. The Morgan fingerprint density at radius 2 is 1.81 bits per heavy atom. The summed E-state index contributed by atoms with van der Waals surface area (Å²) >= 11 is 6.07. The molecule has 1 aliphatic carbocycles. The SMILES string of the molecule is CN(c1cccc(Cl)c1)[C@H]1CC[C@@H](C(=O)NS(=O)(=O)c2ccc([N+](=O)[O-])cc2)CC[C@@H]1O. The van der Waals surface area contributed by atoms with Crippen LogP contribution in [0.15, 0.2) is 53.4 Å². The lowest BCUT2D eigenvalue weighted by atomic mass is 9.99. The summed E-state index contributed by atoms with van der Waals surface area (Å²) in [5, 5.41) is 22.0. The third kappa shape index (κ3) is 5.56. The number of amides is 1. The number of carbonyl (C=O) groups is 1. The number of aliphatic hydroxyl groups excluding tert-OH is 1. The predicted octanol–water partition coefficient (Wildman–Crippen LogP) is 3.11. The maximum Gasteiger partial charge on any atom is 0.269 e. The number of rotatable bonds is 6. The molecule has 11 heteroatoms. The zero-order chi connectivity index (χ0) is 23.5. The summed E-state index contributed by atoms with van der Waals surface area (Å²) in [5.41, 5.74) is 0.591. The number of anilines is 1. The summed E-state index contributed by atoms with van der Waals surface area (Å²) in [7, 11) is -2.32. The molecule has 2 aromatic rings. The lowest BCUT2D eigenvalue weighted by Crippen LogP contribution is -2.40. The average molecular weight is 482 g/mol. The Bertz CT molecular complexity index is 1090. The number of aliphatic hydroxyl groups is 1. The minimum Gasteiger partial charge on any atom is -0.391 e. The standard InChI is InChI=1S/C21H24ClN3O6S/c1-24(17-4-2-3-15(22)13-17)19-11-5-14(6-12-20(19)26)21(27)23-32(30,31)18-9-7-16(8-10-18)25(28)29/h2-4,7-10,13-14,19-20,26H,5-6,11-12H2,1H3,(H,23,27)/t14-,19+,20+/m1/s1. The highest BCUT2D eigenvalue weighted by molar-refractivity contribution is 7.90. The number of carbonyl (C=O) groups excluding carboxylic acids is 1. The van der Waals surface area contributed by atoms with Crippen LogP contribution < -0.4 is 9.62 Å². The molecule has 0 bridgehead atoms. The molecule has 9 nitrogen and oxygen atoms in total. The molecule has 3 rings (SSSR count). The molecule has 3 atom stereocenters. The summed E-state index contributed by atoms with van der Waals surface area (Å²) in [6, 6.07) is 11.3. The molecule has 0 radical (unpaired) electrons. The predicted molar refractivity (Wildman–Crippen MR) is 120 cm³/mol. The molecule has 0 aromatic heterocycles. The first-order valence-corrected chi connectivity index (χ1v) is 11.9. The van der Waals surface area contributed by atoms with Gasteiger partial charge >= 0.3 is 0 Å². The van der Waals surface area contributed by atoms with Gasteiger partial charge in [0.15, 0.2) is 0 Å². The molecule has 1 fully saturated rings. The van der Waals surface area contributed by atoms with E-state index in [0.29, 0.717) is 30.7 Å². The molecule has 1 amide bonds. The van der Waals surface area contributed by atoms with Crippen LogP contribution in [0.3, 0.4) is 0 Å². The number of nitro benzene ring substituents is 1. The number of benzene rings is 2. The van der Waals surface area contributed by atoms with Crippen LogP contribution in [0.4, 0.5) is 11.4 Å². The number of hydrogen-bond acceptors (Lipinski definition) is 7. The summed E-state index contributed by atoms with van der Waals surface area (Å²) in [6.45, 7) is 0. The molecule has 1 aliphatic rings. The maximum atomic E-state index is 12.7. The van der Waals surface area contributed by atoms with Gasteiger partial charge in [0.05, 0.1) is 22.0 Å². The van der Waals surface area contributed by atoms with Gasteiger partial charge in [0.25, 0.3) is 15.7 Å². The second kappa shape index (κ2) is 9.85. The number of nitrogens with zero attached hydrogens (tertiary/aromatic N) is 2. The highest BCUT2D eigenvalue weighted by Gasteiger charge is 2.33. The van der Waals surface area contributed by atoms with E-state index < -0.39 is 32.9 Å². The van der Waals surface area contributed by atoms with Gasteiger partial charge in [-0.05, 0) is 56.0 Å². The normalized spacial score (nSPS) is 21.4. The smallest absolute Gasteiger partial charge is 0.269 e. The molecule has 2 N–H and O–H groups in total. The number of nitro groups is 1. The van der Waals surface area contributed by atoms with E-state index in [0.717, 1.165) is 30.0 Å². The van der Waals surface area contributed by atoms with E-state index in [9.17, 15) is 28.4 Å². The molecular weight excluding hydrogens is 458 g/mol. The Morgan fingerprint density at radius 1 is 1.16 bits per heavy atom. The first kappa shape index (κ1) is 24.0. The minimum atomic E-state index is -4.16.